The molecule has 15 heavy (non-hydrogen) atoms. The number of nitrogens with one attached hydrogen (secondary N) is 1. The van der Waals surface area contributed by atoms with Gasteiger partial charge in [-0.1, -0.05) is 23.4 Å². The van der Waals surface area contributed by atoms with Crippen LogP contribution >= 0.6 is 11.6 Å². The molecule has 0 radical (unpaired) electrons. The molecule has 0 atom stereocenters. The van der Waals surface area contributed by atoms with Crippen molar-refractivity contribution >= 4 is 17.5 Å². The molecule has 0 saturated heterocycles. The summed E-state index contributed by atoms with van der Waals surface area (Å²) < 4.78 is 12.8. The minimum atomic E-state index is -0.468. The van der Waals surface area contributed by atoms with E-state index >= 15 is 0 Å². The highest BCUT2D eigenvalue weighted by molar-refractivity contribution is 6.30. The zero-order valence-corrected chi connectivity index (χ0v) is 8.86. The van der Waals surface area contributed by atoms with E-state index in [1.165, 1.54) is 25.1 Å². The molecule has 0 unspecified atom stereocenters. The van der Waals surface area contributed by atoms with Crippen LogP contribution < -0.4 is 5.32 Å². The molecule has 78 valence electrons. The Morgan fingerprint density at radius 2 is 2.33 bits per heavy atom. The average Bonchev–Trinajstić information content (AvgIpc) is 2.18. The van der Waals surface area contributed by atoms with Gasteiger partial charge in [-0.2, -0.15) is 0 Å². The first-order valence-corrected chi connectivity index (χ1v) is 4.66. The molecule has 1 N–H and O–H groups in total. The van der Waals surface area contributed by atoms with Crippen LogP contribution in [-0.4, -0.2) is 12.5 Å². The Morgan fingerprint density at radius 3 is 2.93 bits per heavy atom. The molecule has 0 spiro atoms. The molecule has 2 nitrogen and oxygen atoms in total. The Morgan fingerprint density at radius 1 is 1.60 bits per heavy atom. The molecule has 0 saturated carbocycles. The Labute approximate surface area is 92.4 Å². The van der Waals surface area contributed by atoms with E-state index < -0.39 is 5.82 Å². The fourth-order valence-corrected chi connectivity index (χ4v) is 1.07. The first-order valence-electron chi connectivity index (χ1n) is 4.28. The molecule has 0 aliphatic rings. The Bertz CT molecular complexity index is 434. The first-order chi connectivity index (χ1) is 7.09. The normalized spacial score (nSPS) is 9.00. The fraction of sp³-hybridized carbons (Fsp3) is 0.182. The number of halogens is 2. The standard InChI is InChI=1S/C11H9ClFNO/c1-8(15)14-6-2-3-9-4-5-11(13)10(12)7-9/h4-5,7H,6H2,1H3,(H,14,15). The van der Waals surface area contributed by atoms with Crippen molar-refractivity contribution in [3.05, 3.63) is 34.6 Å². The second-order valence-electron chi connectivity index (χ2n) is 2.84. The van der Waals surface area contributed by atoms with Gasteiger partial charge in [-0.25, -0.2) is 4.39 Å². The molecule has 0 aliphatic carbocycles. The second-order valence-corrected chi connectivity index (χ2v) is 3.25. The fourth-order valence-electron chi connectivity index (χ4n) is 0.889. The van der Waals surface area contributed by atoms with Crippen LogP contribution in [0.2, 0.25) is 5.02 Å². The number of benzene rings is 1. The van der Waals surface area contributed by atoms with Crippen molar-refractivity contribution in [2.45, 2.75) is 6.92 Å². The summed E-state index contributed by atoms with van der Waals surface area (Å²) in [4.78, 5) is 10.5. The van der Waals surface area contributed by atoms with Gasteiger partial charge in [-0.15, -0.1) is 0 Å². The van der Waals surface area contributed by atoms with E-state index in [9.17, 15) is 9.18 Å². The maximum Gasteiger partial charge on any atom is 0.217 e. The van der Waals surface area contributed by atoms with Gasteiger partial charge in [0.25, 0.3) is 0 Å². The highest BCUT2D eigenvalue weighted by Gasteiger charge is 1.97. The van der Waals surface area contributed by atoms with E-state index in [1.54, 1.807) is 0 Å². The number of hydrogen-bond donors (Lipinski definition) is 1. The van der Waals surface area contributed by atoms with E-state index in [2.05, 4.69) is 17.2 Å². The monoisotopic (exact) mass is 225 g/mol. The minimum Gasteiger partial charge on any atom is -0.345 e. The van der Waals surface area contributed by atoms with Crippen LogP contribution in [0, 0.1) is 17.7 Å². The lowest BCUT2D eigenvalue weighted by Gasteiger charge is -1.94. The third-order valence-corrected chi connectivity index (χ3v) is 1.87. The maximum atomic E-state index is 12.8. The summed E-state index contributed by atoms with van der Waals surface area (Å²) in [5.74, 6) is 4.86. The smallest absolute Gasteiger partial charge is 0.217 e. The number of hydrogen-bond acceptors (Lipinski definition) is 1. The molecule has 0 fully saturated rings. The highest BCUT2D eigenvalue weighted by Crippen LogP contribution is 2.14. The molecule has 0 bridgehead atoms. The predicted octanol–water partition coefficient (Wildman–Crippen LogP) is 1.97. The molecule has 1 aromatic rings. The molecule has 1 amide bonds. The van der Waals surface area contributed by atoms with Crippen LogP contribution in [0.15, 0.2) is 18.2 Å². The average molecular weight is 226 g/mol. The van der Waals surface area contributed by atoms with Gasteiger partial charge in [0, 0.05) is 12.5 Å². The molecule has 0 heterocycles. The largest absolute Gasteiger partial charge is 0.345 e. The summed E-state index contributed by atoms with van der Waals surface area (Å²) in [5.41, 5.74) is 0.617. The van der Waals surface area contributed by atoms with Crippen LogP contribution in [0.1, 0.15) is 12.5 Å². The van der Waals surface area contributed by atoms with Gasteiger partial charge in [0.2, 0.25) is 5.91 Å². The molecule has 0 aliphatic heterocycles. The van der Waals surface area contributed by atoms with Gasteiger partial charge < -0.3 is 5.32 Å². The summed E-state index contributed by atoms with van der Waals surface area (Å²) in [6.07, 6.45) is 0. The molecular weight excluding hydrogens is 217 g/mol. The van der Waals surface area contributed by atoms with Crippen molar-refractivity contribution in [1.82, 2.24) is 5.32 Å². The molecule has 4 heteroatoms. The quantitative estimate of drug-likeness (QED) is 0.728. The van der Waals surface area contributed by atoms with Crippen molar-refractivity contribution in [3.63, 3.8) is 0 Å². The number of amides is 1. The van der Waals surface area contributed by atoms with Gasteiger partial charge >= 0.3 is 0 Å². The summed E-state index contributed by atoms with van der Waals surface area (Å²) in [5, 5.41) is 2.57. The van der Waals surface area contributed by atoms with Gasteiger partial charge in [-0.05, 0) is 18.2 Å². The van der Waals surface area contributed by atoms with Crippen molar-refractivity contribution in [2.24, 2.45) is 0 Å². The lowest BCUT2D eigenvalue weighted by molar-refractivity contribution is -0.118. The molecular formula is C11H9ClFNO. The number of carbonyl (C=O) groups excluding carboxylic acids is 1. The van der Waals surface area contributed by atoms with E-state index in [4.69, 9.17) is 11.6 Å². The summed E-state index contributed by atoms with van der Waals surface area (Å²) in [7, 11) is 0. The molecule has 1 aromatic carbocycles. The lowest BCUT2D eigenvalue weighted by atomic mass is 10.2. The van der Waals surface area contributed by atoms with Crippen LogP contribution in [0.3, 0.4) is 0 Å². The Hall–Kier alpha value is -1.53. The van der Waals surface area contributed by atoms with Crippen LogP contribution in [0.25, 0.3) is 0 Å². The van der Waals surface area contributed by atoms with Gasteiger partial charge in [0.05, 0.1) is 11.6 Å². The number of rotatable bonds is 1. The highest BCUT2D eigenvalue weighted by atomic mass is 35.5. The second kappa shape index (κ2) is 5.38. The summed E-state index contributed by atoms with van der Waals surface area (Å²) in [6, 6.07) is 4.23. The first kappa shape index (κ1) is 11.5. The van der Waals surface area contributed by atoms with Crippen molar-refractivity contribution in [3.8, 4) is 11.8 Å². The number of carbonyl (C=O) groups is 1. The third-order valence-electron chi connectivity index (χ3n) is 1.58. The molecule has 0 aromatic heterocycles. The van der Waals surface area contributed by atoms with Crippen molar-refractivity contribution in [1.29, 1.82) is 0 Å². The van der Waals surface area contributed by atoms with Crippen LogP contribution in [-0.2, 0) is 4.79 Å². The maximum absolute atomic E-state index is 12.8. The Balaban J connectivity index is 2.64. The zero-order chi connectivity index (χ0) is 11.3. The minimum absolute atomic E-state index is 0.0429. The van der Waals surface area contributed by atoms with Gasteiger partial charge in [0.1, 0.15) is 5.82 Å². The van der Waals surface area contributed by atoms with Gasteiger partial charge in [0.15, 0.2) is 0 Å². The lowest BCUT2D eigenvalue weighted by Crippen LogP contribution is -2.19. The van der Waals surface area contributed by atoms with E-state index in [1.807, 2.05) is 0 Å². The van der Waals surface area contributed by atoms with Crippen LogP contribution in [0.5, 0.6) is 0 Å². The van der Waals surface area contributed by atoms with Gasteiger partial charge in [-0.3, -0.25) is 4.79 Å². The summed E-state index contributed by atoms with van der Waals surface area (Å²) in [6.45, 7) is 1.68. The topological polar surface area (TPSA) is 29.1 Å². The third kappa shape index (κ3) is 4.01. The van der Waals surface area contributed by atoms with Crippen LogP contribution in [0.4, 0.5) is 4.39 Å². The SMILES string of the molecule is CC(=O)NCC#Cc1ccc(F)c(Cl)c1. The zero-order valence-electron chi connectivity index (χ0n) is 8.10. The summed E-state index contributed by atoms with van der Waals surface area (Å²) >= 11 is 5.56. The van der Waals surface area contributed by atoms with E-state index in [-0.39, 0.29) is 17.5 Å². The molecule has 1 rings (SSSR count). The van der Waals surface area contributed by atoms with E-state index in [0.29, 0.717) is 5.56 Å². The predicted molar refractivity (Wildman–Crippen MR) is 57.0 cm³/mol. The Kier molecular flexibility index (Phi) is 4.14. The van der Waals surface area contributed by atoms with Crippen molar-refractivity contribution < 1.29 is 9.18 Å². The van der Waals surface area contributed by atoms with Crippen molar-refractivity contribution in [2.75, 3.05) is 6.54 Å². The van der Waals surface area contributed by atoms with E-state index in [0.717, 1.165) is 0 Å².